The highest BCUT2D eigenvalue weighted by atomic mass is 16.6. The number of hydrogen-bond donors (Lipinski definition) is 0. The molecule has 1 spiro atoms. The van der Waals surface area contributed by atoms with Crippen LogP contribution in [0.25, 0.3) is 5.70 Å². The summed E-state index contributed by atoms with van der Waals surface area (Å²) in [5.74, 6) is 0.605. The van der Waals surface area contributed by atoms with Crippen LogP contribution in [0.1, 0.15) is 44.6 Å². The van der Waals surface area contributed by atoms with Crippen molar-refractivity contribution >= 4 is 11.4 Å². The Hall–Kier alpha value is -2.89. The first-order valence-electron chi connectivity index (χ1n) is 8.89. The number of hydrogen-bond acceptors (Lipinski definition) is 4. The van der Waals surface area contributed by atoms with Gasteiger partial charge in [-0.25, -0.2) is 0 Å². The first-order chi connectivity index (χ1) is 12.5. The smallest absolute Gasteiger partial charge is 0.270 e. The van der Waals surface area contributed by atoms with Crippen molar-refractivity contribution in [1.82, 2.24) is 4.57 Å². The van der Waals surface area contributed by atoms with Gasteiger partial charge >= 0.3 is 0 Å². The summed E-state index contributed by atoms with van der Waals surface area (Å²) in [6.07, 6.45) is 6.80. The van der Waals surface area contributed by atoms with E-state index in [4.69, 9.17) is 4.74 Å². The van der Waals surface area contributed by atoms with Crippen molar-refractivity contribution in [2.45, 2.75) is 44.6 Å². The summed E-state index contributed by atoms with van der Waals surface area (Å²) < 4.78 is 7.98. The fourth-order valence-corrected chi connectivity index (χ4v) is 4.13. The Bertz CT molecular complexity index is 968. The Morgan fingerprint density at radius 1 is 1.15 bits per heavy atom. The molecule has 6 nitrogen and oxygen atoms in total. The van der Waals surface area contributed by atoms with Crippen LogP contribution in [0, 0.1) is 10.1 Å². The van der Waals surface area contributed by atoms with E-state index >= 15 is 0 Å². The van der Waals surface area contributed by atoms with Crippen molar-refractivity contribution in [1.29, 1.82) is 0 Å². The summed E-state index contributed by atoms with van der Waals surface area (Å²) in [4.78, 5) is 23.3. The number of rotatable bonds is 2. The lowest BCUT2D eigenvalue weighted by molar-refractivity contribution is -0.384. The largest absolute Gasteiger partial charge is 0.482 e. The molecule has 1 aliphatic heterocycles. The third-order valence-electron chi connectivity index (χ3n) is 5.50. The van der Waals surface area contributed by atoms with E-state index < -0.39 is 10.5 Å². The lowest BCUT2D eigenvalue weighted by atomic mass is 9.76. The van der Waals surface area contributed by atoms with Crippen molar-refractivity contribution in [2.24, 2.45) is 0 Å². The molecule has 1 aliphatic carbocycles. The zero-order chi connectivity index (χ0) is 18.3. The third-order valence-corrected chi connectivity index (χ3v) is 5.50. The third kappa shape index (κ3) is 2.53. The van der Waals surface area contributed by atoms with Gasteiger partial charge in [0.15, 0.2) is 0 Å². The van der Waals surface area contributed by atoms with Gasteiger partial charge in [0.05, 0.1) is 10.6 Å². The van der Waals surface area contributed by atoms with Gasteiger partial charge in [-0.3, -0.25) is 19.5 Å². The van der Waals surface area contributed by atoms with Crippen LogP contribution in [0.15, 0.2) is 53.0 Å². The Kier molecular flexibility index (Phi) is 3.90. The summed E-state index contributed by atoms with van der Waals surface area (Å²) in [7, 11) is 0. The molecule has 0 radical (unpaired) electrons. The average molecular weight is 352 g/mol. The molecule has 1 fully saturated rings. The molecule has 1 aromatic heterocycles. The van der Waals surface area contributed by atoms with Crippen LogP contribution in [-0.4, -0.2) is 15.1 Å². The average Bonchev–Trinajstić information content (AvgIpc) is 2.64. The molecule has 0 atom stereocenters. The second-order valence-electron chi connectivity index (χ2n) is 6.98. The van der Waals surface area contributed by atoms with Crippen molar-refractivity contribution in [2.75, 3.05) is 0 Å². The molecule has 0 N–H and O–H groups in total. The molecule has 134 valence electrons. The van der Waals surface area contributed by atoms with Gasteiger partial charge < -0.3 is 4.74 Å². The molecule has 0 amide bonds. The molecule has 0 unspecified atom stereocenters. The Morgan fingerprint density at radius 2 is 1.92 bits per heavy atom. The highest BCUT2D eigenvalue weighted by molar-refractivity contribution is 5.78. The number of nitrogens with zero attached hydrogens (tertiary/aromatic N) is 2. The van der Waals surface area contributed by atoms with E-state index in [0.717, 1.165) is 31.3 Å². The lowest BCUT2D eigenvalue weighted by Gasteiger charge is -2.43. The zero-order valence-corrected chi connectivity index (χ0v) is 14.6. The van der Waals surface area contributed by atoms with Crippen LogP contribution in [0.3, 0.4) is 0 Å². The molecule has 26 heavy (non-hydrogen) atoms. The Morgan fingerprint density at radius 3 is 2.62 bits per heavy atom. The predicted octanol–water partition coefficient (Wildman–Crippen LogP) is 4.13. The van der Waals surface area contributed by atoms with Crippen LogP contribution >= 0.6 is 0 Å². The van der Waals surface area contributed by atoms with Crippen molar-refractivity contribution in [3.63, 3.8) is 0 Å². The van der Waals surface area contributed by atoms with Crippen molar-refractivity contribution < 1.29 is 9.66 Å². The molecule has 2 aromatic rings. The summed E-state index contributed by atoms with van der Waals surface area (Å²) >= 11 is 0. The molecule has 6 heteroatoms. The molecule has 0 saturated heterocycles. The quantitative estimate of drug-likeness (QED) is 0.601. The number of nitro groups is 1. The van der Waals surface area contributed by atoms with E-state index in [1.807, 2.05) is 6.92 Å². The molecule has 0 bridgehead atoms. The van der Waals surface area contributed by atoms with Gasteiger partial charge in [0.1, 0.15) is 11.4 Å². The first kappa shape index (κ1) is 16.6. The standard InChI is InChI=1S/C20H20N2O4/c1-14-19(21-12-6-3-7-18(21)23)16-13-15(22(24)25)8-9-17(16)26-20(14)10-4-2-5-11-20/h3,6-9,12-13H,2,4-5,10-11H2,1H3. The maximum atomic E-state index is 12.5. The minimum atomic E-state index is -0.438. The molecule has 2 heterocycles. The predicted molar refractivity (Wildman–Crippen MR) is 98.2 cm³/mol. The highest BCUT2D eigenvalue weighted by Crippen LogP contribution is 2.48. The second kappa shape index (κ2) is 6.12. The van der Waals surface area contributed by atoms with Crippen LogP contribution in [0.2, 0.25) is 0 Å². The molecule has 4 rings (SSSR count). The van der Waals surface area contributed by atoms with Gasteiger partial charge in [0, 0.05) is 30.0 Å². The fourth-order valence-electron chi connectivity index (χ4n) is 4.13. The number of pyridine rings is 1. The highest BCUT2D eigenvalue weighted by Gasteiger charge is 2.42. The Labute approximate surface area is 150 Å². The molecular formula is C20H20N2O4. The minimum Gasteiger partial charge on any atom is -0.482 e. The van der Waals surface area contributed by atoms with Gasteiger partial charge in [-0.1, -0.05) is 12.5 Å². The summed E-state index contributed by atoms with van der Waals surface area (Å²) in [6, 6.07) is 9.61. The van der Waals surface area contributed by atoms with Crippen LogP contribution in [0.4, 0.5) is 5.69 Å². The number of benzene rings is 1. The maximum Gasteiger partial charge on any atom is 0.270 e. The normalized spacial score (nSPS) is 18.3. The molecular weight excluding hydrogens is 332 g/mol. The van der Waals surface area contributed by atoms with Crippen molar-refractivity contribution in [3.8, 4) is 5.75 Å². The summed E-state index contributed by atoms with van der Waals surface area (Å²) in [5, 5.41) is 11.3. The summed E-state index contributed by atoms with van der Waals surface area (Å²) in [5.41, 5.74) is 1.67. The Balaban J connectivity index is 2.00. The number of non-ortho nitro benzene ring substituents is 1. The first-order valence-corrected chi connectivity index (χ1v) is 8.89. The minimum absolute atomic E-state index is 0.0128. The zero-order valence-electron chi connectivity index (χ0n) is 14.6. The molecule has 1 aromatic carbocycles. The van der Waals surface area contributed by atoms with E-state index in [9.17, 15) is 14.9 Å². The number of ether oxygens (including phenoxy) is 1. The fraction of sp³-hybridized carbons (Fsp3) is 0.350. The SMILES string of the molecule is CC1=C(n2ccccc2=O)c2cc([N+](=O)[O-])ccc2OC12CCCCC2. The van der Waals surface area contributed by atoms with Crippen molar-refractivity contribution in [3.05, 3.63) is 74.2 Å². The van der Waals surface area contributed by atoms with Gasteiger partial charge in [-0.15, -0.1) is 0 Å². The topological polar surface area (TPSA) is 74.4 Å². The van der Waals surface area contributed by atoms with Gasteiger partial charge in [0.2, 0.25) is 0 Å². The lowest BCUT2D eigenvalue weighted by Crippen LogP contribution is -2.43. The van der Waals surface area contributed by atoms with E-state index in [0.29, 0.717) is 17.0 Å². The molecule has 2 aliphatic rings. The van der Waals surface area contributed by atoms with Crippen LogP contribution in [0.5, 0.6) is 5.75 Å². The van der Waals surface area contributed by atoms with Gasteiger partial charge in [0.25, 0.3) is 11.2 Å². The van der Waals surface area contributed by atoms with E-state index in [1.54, 1.807) is 29.0 Å². The monoisotopic (exact) mass is 352 g/mol. The maximum absolute atomic E-state index is 12.5. The van der Waals surface area contributed by atoms with E-state index in [2.05, 4.69) is 0 Å². The van der Waals surface area contributed by atoms with E-state index in [1.165, 1.54) is 24.6 Å². The van der Waals surface area contributed by atoms with Gasteiger partial charge in [-0.05, 0) is 50.3 Å². The van der Waals surface area contributed by atoms with Gasteiger partial charge in [-0.2, -0.15) is 0 Å². The number of aromatic nitrogens is 1. The molecule has 1 saturated carbocycles. The number of nitro benzene ring substituents is 1. The number of fused-ring (bicyclic) bond motifs is 1. The van der Waals surface area contributed by atoms with Crippen LogP contribution < -0.4 is 10.3 Å². The summed E-state index contributed by atoms with van der Waals surface area (Å²) in [6.45, 7) is 1.99. The van der Waals surface area contributed by atoms with E-state index in [-0.39, 0.29) is 11.2 Å². The van der Waals surface area contributed by atoms with Crippen LogP contribution in [-0.2, 0) is 0 Å². The second-order valence-corrected chi connectivity index (χ2v) is 6.98.